The zero-order chi connectivity index (χ0) is 15.5. The van der Waals surface area contributed by atoms with Gasteiger partial charge in [0.25, 0.3) is 11.7 Å². The van der Waals surface area contributed by atoms with Crippen LogP contribution in [0.4, 0.5) is 0 Å². The fourth-order valence-corrected chi connectivity index (χ4v) is 2.44. The number of carbonyl (C=O) groups is 1. The van der Waals surface area contributed by atoms with Crippen molar-refractivity contribution in [2.45, 2.75) is 52.1 Å². The highest BCUT2D eigenvalue weighted by Crippen LogP contribution is 2.23. The molecular weight excluding hydrogens is 272 g/mol. The molecule has 1 aliphatic rings. The van der Waals surface area contributed by atoms with Crippen LogP contribution in [0.25, 0.3) is 0 Å². The Labute approximate surface area is 124 Å². The second-order valence-corrected chi connectivity index (χ2v) is 6.51. The van der Waals surface area contributed by atoms with Gasteiger partial charge in [0.05, 0.1) is 6.04 Å². The van der Waals surface area contributed by atoms with Gasteiger partial charge < -0.3 is 20.3 Å². The van der Waals surface area contributed by atoms with Crippen LogP contribution in [0.5, 0.6) is 0 Å². The molecule has 7 heteroatoms. The standard InChI is InChI=1S/C14H24N4O3/c1-14(2,3)10(6-8-19)16-12(20)11-17-13(21-18-11)9-5-4-7-15-9/h9-10,15,19H,4-8H2,1-3H3,(H,16,20). The van der Waals surface area contributed by atoms with E-state index in [1.54, 1.807) is 0 Å². The fraction of sp³-hybridized carbons (Fsp3) is 0.786. The molecule has 0 spiro atoms. The quantitative estimate of drug-likeness (QED) is 0.750. The van der Waals surface area contributed by atoms with Gasteiger partial charge in [-0.15, -0.1) is 0 Å². The first kappa shape index (κ1) is 15.9. The molecule has 2 heterocycles. The number of amides is 1. The minimum Gasteiger partial charge on any atom is -0.396 e. The minimum absolute atomic E-state index is 0.0195. The summed E-state index contributed by atoms with van der Waals surface area (Å²) in [7, 11) is 0. The molecule has 1 saturated heterocycles. The molecule has 7 nitrogen and oxygen atoms in total. The molecule has 0 bridgehead atoms. The van der Waals surface area contributed by atoms with Crippen LogP contribution >= 0.6 is 0 Å². The Bertz CT molecular complexity index is 475. The van der Waals surface area contributed by atoms with Gasteiger partial charge in [0.15, 0.2) is 0 Å². The zero-order valence-electron chi connectivity index (χ0n) is 12.8. The van der Waals surface area contributed by atoms with E-state index < -0.39 is 0 Å². The Balaban J connectivity index is 2.02. The van der Waals surface area contributed by atoms with Gasteiger partial charge in [0.2, 0.25) is 5.89 Å². The van der Waals surface area contributed by atoms with E-state index in [4.69, 9.17) is 9.63 Å². The van der Waals surface area contributed by atoms with Crippen LogP contribution in [0.2, 0.25) is 0 Å². The summed E-state index contributed by atoms with van der Waals surface area (Å²) in [5.74, 6) is 0.148. The van der Waals surface area contributed by atoms with E-state index in [-0.39, 0.29) is 35.8 Å². The average molecular weight is 296 g/mol. The van der Waals surface area contributed by atoms with Crippen molar-refractivity contribution in [2.24, 2.45) is 5.41 Å². The van der Waals surface area contributed by atoms with E-state index in [1.807, 2.05) is 20.8 Å². The lowest BCUT2D eigenvalue weighted by Gasteiger charge is -2.30. The molecule has 1 amide bonds. The summed E-state index contributed by atoms with van der Waals surface area (Å²) in [6.07, 6.45) is 2.50. The van der Waals surface area contributed by atoms with Gasteiger partial charge in [-0.25, -0.2) is 0 Å². The van der Waals surface area contributed by atoms with Crippen molar-refractivity contribution in [3.05, 3.63) is 11.7 Å². The fourth-order valence-electron chi connectivity index (χ4n) is 2.44. The van der Waals surface area contributed by atoms with E-state index in [9.17, 15) is 4.79 Å². The number of hydrogen-bond donors (Lipinski definition) is 3. The Morgan fingerprint density at radius 2 is 2.33 bits per heavy atom. The molecular formula is C14H24N4O3. The maximum atomic E-state index is 12.2. The Morgan fingerprint density at radius 3 is 2.90 bits per heavy atom. The lowest BCUT2D eigenvalue weighted by molar-refractivity contribution is 0.0871. The number of aromatic nitrogens is 2. The van der Waals surface area contributed by atoms with Crippen LogP contribution in [0.3, 0.4) is 0 Å². The van der Waals surface area contributed by atoms with Crippen molar-refractivity contribution in [1.29, 1.82) is 0 Å². The molecule has 2 rings (SSSR count). The average Bonchev–Trinajstić information content (AvgIpc) is 3.07. The highest BCUT2D eigenvalue weighted by atomic mass is 16.5. The summed E-state index contributed by atoms with van der Waals surface area (Å²) in [6.45, 7) is 6.98. The molecule has 0 aliphatic carbocycles. The van der Waals surface area contributed by atoms with Crippen molar-refractivity contribution < 1.29 is 14.4 Å². The molecule has 2 unspecified atom stereocenters. The largest absolute Gasteiger partial charge is 0.396 e. The predicted octanol–water partition coefficient (Wildman–Crippen LogP) is 1.02. The minimum atomic E-state index is -0.364. The summed E-state index contributed by atoms with van der Waals surface area (Å²) >= 11 is 0. The molecule has 1 aromatic rings. The van der Waals surface area contributed by atoms with Crippen LogP contribution in [0.15, 0.2) is 4.52 Å². The number of carbonyl (C=O) groups excluding carboxylic acids is 1. The van der Waals surface area contributed by atoms with Crippen molar-refractivity contribution in [2.75, 3.05) is 13.2 Å². The topological polar surface area (TPSA) is 100 Å². The van der Waals surface area contributed by atoms with E-state index in [2.05, 4.69) is 20.8 Å². The van der Waals surface area contributed by atoms with Crippen LogP contribution in [-0.2, 0) is 0 Å². The van der Waals surface area contributed by atoms with E-state index in [0.29, 0.717) is 12.3 Å². The molecule has 118 valence electrons. The van der Waals surface area contributed by atoms with Crippen LogP contribution in [-0.4, -0.2) is 40.3 Å². The first-order chi connectivity index (χ1) is 9.91. The first-order valence-corrected chi connectivity index (χ1v) is 7.40. The van der Waals surface area contributed by atoms with Gasteiger partial charge in [-0.3, -0.25) is 4.79 Å². The normalized spacial score (nSPS) is 20.5. The van der Waals surface area contributed by atoms with Gasteiger partial charge in [-0.2, -0.15) is 4.98 Å². The van der Waals surface area contributed by atoms with Crippen LogP contribution in [0.1, 0.15) is 62.6 Å². The number of hydrogen-bond acceptors (Lipinski definition) is 6. The Morgan fingerprint density at radius 1 is 1.57 bits per heavy atom. The van der Waals surface area contributed by atoms with Crippen LogP contribution < -0.4 is 10.6 Å². The third-order valence-corrected chi connectivity index (χ3v) is 3.77. The summed E-state index contributed by atoms with van der Waals surface area (Å²) in [5.41, 5.74) is -0.155. The van der Waals surface area contributed by atoms with Crippen molar-refractivity contribution in [3.63, 3.8) is 0 Å². The highest BCUT2D eigenvalue weighted by molar-refractivity contribution is 5.90. The molecule has 0 aromatic carbocycles. The summed E-state index contributed by atoms with van der Waals surface area (Å²) in [5, 5.41) is 19.0. The monoisotopic (exact) mass is 296 g/mol. The number of aliphatic hydroxyl groups is 1. The van der Waals surface area contributed by atoms with Gasteiger partial charge in [-0.05, 0) is 31.2 Å². The third kappa shape index (κ3) is 4.01. The predicted molar refractivity (Wildman–Crippen MR) is 76.7 cm³/mol. The molecule has 2 atom stereocenters. The van der Waals surface area contributed by atoms with E-state index in [1.165, 1.54) is 0 Å². The summed E-state index contributed by atoms with van der Waals surface area (Å²) < 4.78 is 5.16. The van der Waals surface area contributed by atoms with Crippen molar-refractivity contribution in [3.8, 4) is 0 Å². The summed E-state index contributed by atoms with van der Waals surface area (Å²) in [4.78, 5) is 16.4. The number of nitrogens with one attached hydrogen (secondary N) is 2. The van der Waals surface area contributed by atoms with Gasteiger partial charge >= 0.3 is 0 Å². The Hall–Kier alpha value is -1.47. The third-order valence-electron chi connectivity index (χ3n) is 3.77. The second-order valence-electron chi connectivity index (χ2n) is 6.51. The smallest absolute Gasteiger partial charge is 0.292 e. The van der Waals surface area contributed by atoms with Crippen LogP contribution in [0, 0.1) is 5.41 Å². The zero-order valence-corrected chi connectivity index (χ0v) is 12.8. The van der Waals surface area contributed by atoms with Gasteiger partial charge in [0, 0.05) is 12.6 Å². The maximum absolute atomic E-state index is 12.2. The molecule has 1 fully saturated rings. The maximum Gasteiger partial charge on any atom is 0.292 e. The molecule has 3 N–H and O–H groups in total. The van der Waals surface area contributed by atoms with Gasteiger partial charge in [-0.1, -0.05) is 25.9 Å². The van der Waals surface area contributed by atoms with Crippen molar-refractivity contribution in [1.82, 2.24) is 20.8 Å². The lowest BCUT2D eigenvalue weighted by Crippen LogP contribution is -2.44. The summed E-state index contributed by atoms with van der Waals surface area (Å²) in [6, 6.07) is -0.100. The highest BCUT2D eigenvalue weighted by Gasteiger charge is 2.29. The molecule has 0 saturated carbocycles. The lowest BCUT2D eigenvalue weighted by atomic mass is 9.85. The van der Waals surface area contributed by atoms with Crippen molar-refractivity contribution >= 4 is 5.91 Å². The van der Waals surface area contributed by atoms with E-state index in [0.717, 1.165) is 19.4 Å². The number of nitrogens with zero attached hydrogens (tertiary/aromatic N) is 2. The van der Waals surface area contributed by atoms with E-state index >= 15 is 0 Å². The molecule has 21 heavy (non-hydrogen) atoms. The first-order valence-electron chi connectivity index (χ1n) is 7.40. The Kier molecular flexibility index (Phi) is 4.95. The second kappa shape index (κ2) is 6.53. The molecule has 0 radical (unpaired) electrons. The van der Waals surface area contributed by atoms with Gasteiger partial charge in [0.1, 0.15) is 0 Å². The number of rotatable bonds is 5. The number of aliphatic hydroxyl groups excluding tert-OH is 1. The molecule has 1 aromatic heterocycles. The SMILES string of the molecule is CC(C)(C)C(CCO)NC(=O)c1noc(C2CCCN2)n1. The molecule has 1 aliphatic heterocycles.